The van der Waals surface area contributed by atoms with Crippen molar-refractivity contribution in [3.8, 4) is 0 Å². The first-order valence-corrected chi connectivity index (χ1v) is 11.9. The van der Waals surface area contributed by atoms with E-state index in [-0.39, 0.29) is 11.8 Å². The van der Waals surface area contributed by atoms with Gasteiger partial charge in [-0.15, -0.1) is 10.2 Å². The normalized spacial score (nSPS) is 17.4. The molecule has 10 heteroatoms. The zero-order chi connectivity index (χ0) is 20.9. The van der Waals surface area contributed by atoms with E-state index in [0.29, 0.717) is 43.5 Å². The monoisotopic (exact) mass is 449 g/mol. The molecule has 1 aromatic heterocycles. The van der Waals surface area contributed by atoms with Crippen molar-refractivity contribution in [1.29, 1.82) is 0 Å². The molecule has 0 radical (unpaired) electrons. The SMILES string of the molecule is O=C(CSc1nnc(N2CCN(C(=O)c3cccc(F)c3)CC2)s1)NC1CCCC1. The molecular weight excluding hydrogens is 425 g/mol. The number of nitrogens with one attached hydrogen (secondary N) is 1. The molecule has 0 atom stereocenters. The number of hydrogen-bond acceptors (Lipinski definition) is 7. The van der Waals surface area contributed by atoms with Crippen LogP contribution < -0.4 is 10.2 Å². The fraction of sp³-hybridized carbons (Fsp3) is 0.500. The second-order valence-electron chi connectivity index (χ2n) is 7.48. The number of hydrogen-bond donors (Lipinski definition) is 1. The number of nitrogens with zero attached hydrogens (tertiary/aromatic N) is 4. The van der Waals surface area contributed by atoms with E-state index in [2.05, 4.69) is 20.4 Å². The lowest BCUT2D eigenvalue weighted by atomic mass is 10.2. The van der Waals surface area contributed by atoms with Crippen LogP contribution in [0.15, 0.2) is 28.6 Å². The van der Waals surface area contributed by atoms with E-state index in [9.17, 15) is 14.0 Å². The number of aromatic nitrogens is 2. The highest BCUT2D eigenvalue weighted by molar-refractivity contribution is 8.01. The number of carbonyl (C=O) groups excluding carboxylic acids is 2. The van der Waals surface area contributed by atoms with Crippen molar-refractivity contribution in [2.75, 3.05) is 36.8 Å². The third-order valence-electron chi connectivity index (χ3n) is 5.35. The van der Waals surface area contributed by atoms with Crippen LogP contribution in [-0.2, 0) is 4.79 Å². The highest BCUT2D eigenvalue weighted by Crippen LogP contribution is 2.29. The van der Waals surface area contributed by atoms with Crippen molar-refractivity contribution in [3.05, 3.63) is 35.6 Å². The molecule has 7 nitrogen and oxygen atoms in total. The maximum absolute atomic E-state index is 13.4. The second kappa shape index (κ2) is 9.74. The smallest absolute Gasteiger partial charge is 0.254 e. The summed E-state index contributed by atoms with van der Waals surface area (Å²) in [5.74, 6) is -0.166. The van der Waals surface area contributed by atoms with Gasteiger partial charge in [-0.2, -0.15) is 0 Å². The molecule has 1 N–H and O–H groups in total. The fourth-order valence-electron chi connectivity index (χ4n) is 3.76. The molecule has 160 valence electrons. The van der Waals surface area contributed by atoms with Crippen LogP contribution in [-0.4, -0.2) is 64.9 Å². The van der Waals surface area contributed by atoms with Crippen LogP contribution in [0.3, 0.4) is 0 Å². The predicted molar refractivity (Wildman–Crippen MR) is 116 cm³/mol. The largest absolute Gasteiger partial charge is 0.353 e. The van der Waals surface area contributed by atoms with Gasteiger partial charge in [-0.05, 0) is 31.0 Å². The third kappa shape index (κ3) is 5.28. The third-order valence-corrected chi connectivity index (χ3v) is 7.47. The summed E-state index contributed by atoms with van der Waals surface area (Å²) in [5.41, 5.74) is 0.369. The lowest BCUT2D eigenvalue weighted by Gasteiger charge is -2.34. The summed E-state index contributed by atoms with van der Waals surface area (Å²) < 4.78 is 14.1. The summed E-state index contributed by atoms with van der Waals surface area (Å²) in [7, 11) is 0. The highest BCUT2D eigenvalue weighted by Gasteiger charge is 2.24. The topological polar surface area (TPSA) is 78.4 Å². The molecule has 2 aliphatic rings. The molecule has 0 spiro atoms. The minimum atomic E-state index is -0.407. The van der Waals surface area contributed by atoms with Crippen molar-refractivity contribution in [3.63, 3.8) is 0 Å². The van der Waals surface area contributed by atoms with Gasteiger partial charge in [-0.1, -0.05) is 42.0 Å². The van der Waals surface area contributed by atoms with E-state index in [0.717, 1.165) is 22.3 Å². The van der Waals surface area contributed by atoms with Crippen molar-refractivity contribution in [2.45, 2.75) is 36.1 Å². The molecule has 30 heavy (non-hydrogen) atoms. The summed E-state index contributed by atoms with van der Waals surface area (Å²) in [6.07, 6.45) is 4.54. The van der Waals surface area contributed by atoms with Gasteiger partial charge in [0.15, 0.2) is 4.34 Å². The molecule has 1 aliphatic carbocycles. The number of amides is 2. The van der Waals surface area contributed by atoms with E-state index in [1.807, 2.05) is 0 Å². The van der Waals surface area contributed by atoms with Gasteiger partial charge in [0.1, 0.15) is 5.82 Å². The Balaban J connectivity index is 1.24. The lowest BCUT2D eigenvalue weighted by molar-refractivity contribution is -0.119. The second-order valence-corrected chi connectivity index (χ2v) is 9.66. The van der Waals surface area contributed by atoms with E-state index in [1.165, 1.54) is 48.1 Å². The van der Waals surface area contributed by atoms with Crippen molar-refractivity contribution in [2.24, 2.45) is 0 Å². The zero-order valence-corrected chi connectivity index (χ0v) is 18.2. The molecule has 0 unspecified atom stereocenters. The van der Waals surface area contributed by atoms with Gasteiger partial charge in [0.05, 0.1) is 5.75 Å². The van der Waals surface area contributed by atoms with E-state index < -0.39 is 5.82 Å². The van der Waals surface area contributed by atoms with Crippen molar-refractivity contribution < 1.29 is 14.0 Å². The molecule has 2 heterocycles. The van der Waals surface area contributed by atoms with Crippen LogP contribution in [0.5, 0.6) is 0 Å². The Morgan fingerprint density at radius 2 is 1.93 bits per heavy atom. The summed E-state index contributed by atoms with van der Waals surface area (Å²) in [5, 5.41) is 12.3. The molecule has 2 aromatic rings. The van der Waals surface area contributed by atoms with E-state index >= 15 is 0 Å². The van der Waals surface area contributed by atoms with Crippen LogP contribution in [0.2, 0.25) is 0 Å². The number of rotatable bonds is 6. The average molecular weight is 450 g/mol. The Labute approximate surface area is 183 Å². The predicted octanol–water partition coefficient (Wildman–Crippen LogP) is 2.79. The molecular formula is C20H24FN5O2S2. The number of thioether (sulfide) groups is 1. The van der Waals surface area contributed by atoms with Crippen LogP contribution in [0, 0.1) is 5.82 Å². The minimum Gasteiger partial charge on any atom is -0.353 e. The number of anilines is 1. The average Bonchev–Trinajstić information content (AvgIpc) is 3.44. The van der Waals surface area contributed by atoms with Gasteiger partial charge in [0.25, 0.3) is 5.91 Å². The van der Waals surface area contributed by atoms with Crippen molar-refractivity contribution >= 4 is 40.0 Å². The molecule has 1 saturated heterocycles. The first kappa shape index (κ1) is 21.0. The molecule has 0 bridgehead atoms. The van der Waals surface area contributed by atoms with E-state index in [1.54, 1.807) is 17.0 Å². The van der Waals surface area contributed by atoms with Crippen LogP contribution in [0.1, 0.15) is 36.0 Å². The first-order valence-electron chi connectivity index (χ1n) is 10.1. The Bertz CT molecular complexity index is 895. The number of piperazine rings is 1. The van der Waals surface area contributed by atoms with Crippen LogP contribution in [0.4, 0.5) is 9.52 Å². The Morgan fingerprint density at radius 3 is 2.67 bits per heavy atom. The maximum Gasteiger partial charge on any atom is 0.254 e. The summed E-state index contributed by atoms with van der Waals surface area (Å²) in [6.45, 7) is 2.37. The summed E-state index contributed by atoms with van der Waals surface area (Å²) in [6, 6.07) is 6.11. The highest BCUT2D eigenvalue weighted by atomic mass is 32.2. The van der Waals surface area contributed by atoms with Crippen molar-refractivity contribution in [1.82, 2.24) is 20.4 Å². The molecule has 1 aliphatic heterocycles. The molecule has 4 rings (SSSR count). The fourth-order valence-corrected chi connectivity index (χ4v) is 5.46. The first-order chi connectivity index (χ1) is 14.6. The molecule has 2 amide bonds. The van der Waals surface area contributed by atoms with E-state index in [4.69, 9.17) is 0 Å². The molecule has 1 aromatic carbocycles. The zero-order valence-electron chi connectivity index (χ0n) is 16.6. The number of carbonyl (C=O) groups is 2. The summed E-state index contributed by atoms with van der Waals surface area (Å²) in [4.78, 5) is 28.4. The maximum atomic E-state index is 13.4. The van der Waals surface area contributed by atoms with Crippen LogP contribution >= 0.6 is 23.1 Å². The van der Waals surface area contributed by atoms with Gasteiger partial charge in [0.2, 0.25) is 11.0 Å². The Kier molecular flexibility index (Phi) is 6.83. The van der Waals surface area contributed by atoms with Gasteiger partial charge in [-0.3, -0.25) is 9.59 Å². The Morgan fingerprint density at radius 1 is 1.17 bits per heavy atom. The molecule has 1 saturated carbocycles. The van der Waals surface area contributed by atoms with Crippen LogP contribution in [0.25, 0.3) is 0 Å². The number of benzene rings is 1. The summed E-state index contributed by atoms with van der Waals surface area (Å²) >= 11 is 2.87. The minimum absolute atomic E-state index is 0.0492. The lowest BCUT2D eigenvalue weighted by Crippen LogP contribution is -2.48. The standard InChI is InChI=1S/C20H24FN5O2S2/c21-15-5-3-4-14(12-15)18(28)25-8-10-26(11-9-25)19-23-24-20(30-19)29-13-17(27)22-16-6-1-2-7-16/h3-5,12,16H,1-2,6-11,13H2,(H,22,27). The van der Waals surface area contributed by atoms with Gasteiger partial charge in [0, 0.05) is 37.8 Å². The van der Waals surface area contributed by atoms with Gasteiger partial charge < -0.3 is 15.1 Å². The Hall–Kier alpha value is -2.20. The number of halogens is 1. The quantitative estimate of drug-likeness (QED) is 0.684. The van der Waals surface area contributed by atoms with Gasteiger partial charge >= 0.3 is 0 Å². The molecule has 2 fully saturated rings. The van der Waals surface area contributed by atoms with Gasteiger partial charge in [-0.25, -0.2) is 4.39 Å².